The van der Waals surface area contributed by atoms with E-state index in [1.165, 1.54) is 35.6 Å². The van der Waals surface area contributed by atoms with Crippen LogP contribution >= 0.6 is 23.7 Å². The Bertz CT molecular complexity index is 688. The molecule has 0 radical (unpaired) electrons. The molecule has 1 fully saturated rings. The van der Waals surface area contributed by atoms with Crippen molar-refractivity contribution in [3.8, 4) is 0 Å². The number of hydrogen-bond donors (Lipinski definition) is 3. The lowest BCUT2D eigenvalue weighted by atomic mass is 10.1. The van der Waals surface area contributed by atoms with Crippen molar-refractivity contribution in [1.29, 1.82) is 0 Å². The van der Waals surface area contributed by atoms with E-state index in [0.29, 0.717) is 10.8 Å². The number of carbonyl (C=O) groups is 1. The Balaban J connectivity index is 0.00000225. The van der Waals surface area contributed by atoms with E-state index in [0.717, 1.165) is 37.4 Å². The predicted molar refractivity (Wildman–Crippen MR) is 101 cm³/mol. The normalized spacial score (nSPS) is 15.4. The van der Waals surface area contributed by atoms with Gasteiger partial charge in [-0.1, -0.05) is 0 Å². The minimum absolute atomic E-state index is 0. The number of likely N-dealkylation sites (tertiary alicyclic amines) is 1. The summed E-state index contributed by atoms with van der Waals surface area (Å²) in [7, 11) is 0. The van der Waals surface area contributed by atoms with E-state index < -0.39 is 0 Å². The van der Waals surface area contributed by atoms with Gasteiger partial charge < -0.3 is 16.4 Å². The monoisotopic (exact) mass is 385 g/mol. The number of thiazole rings is 1. The number of carbonyl (C=O) groups excluding carboxylic acids is 1. The van der Waals surface area contributed by atoms with E-state index >= 15 is 0 Å². The smallest absolute Gasteiger partial charge is 0.319 e. The first-order valence-corrected chi connectivity index (χ1v) is 8.66. The predicted octanol–water partition coefficient (Wildman–Crippen LogP) is 3.07. The molecule has 2 aromatic rings. The van der Waals surface area contributed by atoms with Gasteiger partial charge in [0.2, 0.25) is 0 Å². The number of hydrogen-bond acceptors (Lipinski definition) is 5. The Morgan fingerprint density at radius 3 is 2.60 bits per heavy atom. The van der Waals surface area contributed by atoms with E-state index in [9.17, 15) is 9.18 Å². The molecule has 1 aliphatic rings. The van der Waals surface area contributed by atoms with Crippen LogP contribution in [-0.2, 0) is 6.54 Å². The fourth-order valence-electron chi connectivity index (χ4n) is 2.74. The lowest BCUT2D eigenvalue weighted by Crippen LogP contribution is -2.45. The van der Waals surface area contributed by atoms with Crippen LogP contribution in [0.15, 0.2) is 30.5 Å². The van der Waals surface area contributed by atoms with Crippen molar-refractivity contribution in [2.45, 2.75) is 25.4 Å². The lowest BCUT2D eigenvalue weighted by molar-refractivity contribution is 0.191. The first kappa shape index (κ1) is 19.4. The molecule has 2 heterocycles. The number of piperidine rings is 1. The van der Waals surface area contributed by atoms with Crippen LogP contribution in [0.25, 0.3) is 0 Å². The molecule has 1 aromatic carbocycles. The van der Waals surface area contributed by atoms with Crippen LogP contribution in [0.5, 0.6) is 0 Å². The van der Waals surface area contributed by atoms with Crippen molar-refractivity contribution in [3.05, 3.63) is 41.2 Å². The molecule has 0 spiro atoms. The van der Waals surface area contributed by atoms with Gasteiger partial charge in [0.1, 0.15) is 5.82 Å². The molecule has 0 unspecified atom stereocenters. The van der Waals surface area contributed by atoms with Crippen molar-refractivity contribution in [2.24, 2.45) is 0 Å². The first-order chi connectivity index (χ1) is 11.6. The Kier molecular flexibility index (Phi) is 6.98. The highest BCUT2D eigenvalue weighted by atomic mass is 35.5. The van der Waals surface area contributed by atoms with E-state index in [-0.39, 0.29) is 30.3 Å². The Morgan fingerprint density at radius 2 is 2.00 bits per heavy atom. The molecule has 1 aromatic heterocycles. The highest BCUT2D eigenvalue weighted by Gasteiger charge is 2.21. The Labute approximate surface area is 156 Å². The zero-order chi connectivity index (χ0) is 16.9. The van der Waals surface area contributed by atoms with E-state index in [1.807, 2.05) is 6.20 Å². The van der Waals surface area contributed by atoms with Gasteiger partial charge in [-0.05, 0) is 37.1 Å². The second-order valence-electron chi connectivity index (χ2n) is 5.82. The highest BCUT2D eigenvalue weighted by molar-refractivity contribution is 7.15. The second-order valence-corrected chi connectivity index (χ2v) is 6.97. The number of anilines is 2. The van der Waals surface area contributed by atoms with E-state index in [2.05, 4.69) is 20.5 Å². The zero-order valence-electron chi connectivity index (χ0n) is 13.6. The van der Waals surface area contributed by atoms with Crippen LogP contribution < -0.4 is 16.4 Å². The fourth-order valence-corrected chi connectivity index (χ4v) is 3.46. The van der Waals surface area contributed by atoms with Gasteiger partial charge in [-0.25, -0.2) is 14.2 Å². The van der Waals surface area contributed by atoms with Gasteiger partial charge in [-0.2, -0.15) is 0 Å². The summed E-state index contributed by atoms with van der Waals surface area (Å²) in [5.41, 5.74) is 6.22. The quantitative estimate of drug-likeness (QED) is 0.755. The maximum absolute atomic E-state index is 12.8. The third-order valence-corrected chi connectivity index (χ3v) is 4.79. The minimum Gasteiger partial charge on any atom is -0.375 e. The number of nitrogens with one attached hydrogen (secondary N) is 2. The third-order valence-electron chi connectivity index (χ3n) is 3.98. The second kappa shape index (κ2) is 8.98. The molecule has 4 N–H and O–H groups in total. The van der Waals surface area contributed by atoms with Crippen LogP contribution in [0.1, 0.15) is 17.7 Å². The highest BCUT2D eigenvalue weighted by Crippen LogP contribution is 2.19. The lowest BCUT2D eigenvalue weighted by Gasteiger charge is -2.31. The maximum Gasteiger partial charge on any atom is 0.319 e. The standard InChI is InChI=1S/C16H20FN5OS.ClH/c17-11-1-3-12(4-2-11)20-16(23)21-13-5-7-22(8-6-13)10-14-9-19-15(18)24-14;/h1-4,9,13H,5-8,10H2,(H2,18,19)(H2,20,21,23);1H. The van der Waals surface area contributed by atoms with Gasteiger partial charge in [-0.3, -0.25) is 4.90 Å². The van der Waals surface area contributed by atoms with Crippen LogP contribution in [0.2, 0.25) is 0 Å². The van der Waals surface area contributed by atoms with Crippen LogP contribution in [0.3, 0.4) is 0 Å². The third kappa shape index (κ3) is 5.84. The molecule has 0 atom stereocenters. The van der Waals surface area contributed by atoms with E-state index in [4.69, 9.17) is 5.73 Å². The number of nitrogens with two attached hydrogens (primary N) is 1. The summed E-state index contributed by atoms with van der Waals surface area (Å²) in [4.78, 5) is 19.5. The summed E-state index contributed by atoms with van der Waals surface area (Å²) in [6, 6.07) is 5.61. The number of aromatic nitrogens is 1. The van der Waals surface area contributed by atoms with Crippen molar-refractivity contribution >= 4 is 40.6 Å². The topological polar surface area (TPSA) is 83.3 Å². The summed E-state index contributed by atoms with van der Waals surface area (Å²) >= 11 is 1.51. The average molecular weight is 386 g/mol. The zero-order valence-corrected chi connectivity index (χ0v) is 15.2. The molecule has 1 aliphatic heterocycles. The number of nitrogens with zero attached hydrogens (tertiary/aromatic N) is 2. The van der Waals surface area contributed by atoms with Gasteiger partial charge in [0, 0.05) is 42.4 Å². The molecule has 9 heteroatoms. The number of halogens is 2. The first-order valence-electron chi connectivity index (χ1n) is 7.84. The molecule has 1 saturated heterocycles. The molecule has 0 saturated carbocycles. The van der Waals surface area contributed by atoms with Crippen LogP contribution in [0, 0.1) is 5.82 Å². The van der Waals surface area contributed by atoms with Gasteiger partial charge in [0.05, 0.1) is 0 Å². The number of rotatable bonds is 4. The van der Waals surface area contributed by atoms with Crippen molar-refractivity contribution in [2.75, 3.05) is 24.1 Å². The molecule has 136 valence electrons. The largest absolute Gasteiger partial charge is 0.375 e. The molecule has 0 aliphatic carbocycles. The average Bonchev–Trinajstić information content (AvgIpc) is 2.96. The van der Waals surface area contributed by atoms with E-state index in [1.54, 1.807) is 0 Å². The van der Waals surface area contributed by atoms with Gasteiger partial charge in [0.15, 0.2) is 5.13 Å². The van der Waals surface area contributed by atoms with Gasteiger partial charge >= 0.3 is 6.03 Å². The molecule has 6 nitrogen and oxygen atoms in total. The fraction of sp³-hybridized carbons (Fsp3) is 0.375. The summed E-state index contributed by atoms with van der Waals surface area (Å²) in [6.07, 6.45) is 3.61. The maximum atomic E-state index is 12.8. The Morgan fingerprint density at radius 1 is 1.32 bits per heavy atom. The van der Waals surface area contributed by atoms with Crippen molar-refractivity contribution in [3.63, 3.8) is 0 Å². The summed E-state index contributed by atoms with van der Waals surface area (Å²) in [6.45, 7) is 2.68. The van der Waals surface area contributed by atoms with Crippen molar-refractivity contribution < 1.29 is 9.18 Å². The minimum atomic E-state index is -0.323. The SMILES string of the molecule is Cl.Nc1ncc(CN2CCC(NC(=O)Nc3ccc(F)cc3)CC2)s1. The molecular weight excluding hydrogens is 365 g/mol. The summed E-state index contributed by atoms with van der Waals surface area (Å²) in [5, 5.41) is 6.29. The number of urea groups is 1. The molecule has 25 heavy (non-hydrogen) atoms. The molecular formula is C16H21ClFN5OS. The molecule has 0 bridgehead atoms. The molecule has 2 amide bonds. The van der Waals surface area contributed by atoms with Gasteiger partial charge in [-0.15, -0.1) is 23.7 Å². The Hall–Kier alpha value is -1.90. The summed E-state index contributed by atoms with van der Waals surface area (Å²) < 4.78 is 12.8. The molecule has 3 rings (SSSR count). The van der Waals surface area contributed by atoms with Crippen LogP contribution in [-0.4, -0.2) is 35.0 Å². The van der Waals surface area contributed by atoms with Gasteiger partial charge in [0.25, 0.3) is 0 Å². The number of nitrogen functional groups attached to an aromatic ring is 1. The summed E-state index contributed by atoms with van der Waals surface area (Å²) in [5.74, 6) is -0.323. The number of benzene rings is 1. The van der Waals surface area contributed by atoms with Crippen molar-refractivity contribution in [1.82, 2.24) is 15.2 Å². The number of amides is 2. The van der Waals surface area contributed by atoms with Crippen LogP contribution in [0.4, 0.5) is 20.0 Å².